The number of benzene rings is 2. The fourth-order valence-corrected chi connectivity index (χ4v) is 2.25. The van der Waals surface area contributed by atoms with Crippen LogP contribution in [0.2, 0.25) is 5.02 Å². The van der Waals surface area contributed by atoms with Crippen molar-refractivity contribution < 1.29 is 4.74 Å². The zero-order valence-electron chi connectivity index (χ0n) is 9.91. The molecule has 18 heavy (non-hydrogen) atoms. The molecule has 4 heteroatoms. The van der Waals surface area contributed by atoms with E-state index in [2.05, 4.69) is 21.2 Å². The summed E-state index contributed by atoms with van der Waals surface area (Å²) >= 11 is 9.58. The lowest BCUT2D eigenvalue weighted by atomic mass is 10.2. The summed E-state index contributed by atoms with van der Waals surface area (Å²) in [6.45, 7) is 0.651. The van der Waals surface area contributed by atoms with Crippen LogP contribution >= 0.6 is 27.5 Å². The average Bonchev–Trinajstić information content (AvgIpc) is 2.40. The Morgan fingerprint density at radius 3 is 2.78 bits per heavy atom. The number of rotatable bonds is 4. The number of ether oxygens (including phenoxy) is 1. The zero-order chi connectivity index (χ0) is 13.0. The maximum atomic E-state index is 6.14. The molecule has 94 valence electrons. The maximum Gasteiger partial charge on any atom is 0.141 e. The Hall–Kier alpha value is -1.19. The minimum absolute atomic E-state index is 0.651. The van der Waals surface area contributed by atoms with Crippen molar-refractivity contribution in [3.63, 3.8) is 0 Å². The molecule has 0 aliphatic rings. The summed E-state index contributed by atoms with van der Waals surface area (Å²) in [5, 5.41) is 4.07. The molecule has 0 aliphatic heterocycles. The van der Waals surface area contributed by atoms with Gasteiger partial charge in [0, 0.05) is 16.0 Å². The lowest BCUT2D eigenvalue weighted by Gasteiger charge is -2.12. The second-order valence-corrected chi connectivity index (χ2v) is 5.11. The van der Waals surface area contributed by atoms with E-state index in [9.17, 15) is 0 Å². The van der Waals surface area contributed by atoms with Gasteiger partial charge in [-0.25, -0.2) is 0 Å². The van der Waals surface area contributed by atoms with E-state index in [1.165, 1.54) is 0 Å². The van der Waals surface area contributed by atoms with Crippen molar-refractivity contribution in [1.29, 1.82) is 0 Å². The Morgan fingerprint density at radius 2 is 2.00 bits per heavy atom. The molecule has 2 aromatic carbocycles. The molecular formula is C14H13BrClNO. The molecule has 0 fully saturated rings. The molecule has 0 aromatic heterocycles. The van der Waals surface area contributed by atoms with Crippen LogP contribution in [0, 0.1) is 0 Å². The molecule has 0 atom stereocenters. The fraction of sp³-hybridized carbons (Fsp3) is 0.143. The molecule has 0 spiro atoms. The number of nitrogens with one attached hydrogen (secondary N) is 1. The zero-order valence-corrected chi connectivity index (χ0v) is 12.3. The number of methoxy groups -OCH3 is 1. The van der Waals surface area contributed by atoms with Gasteiger partial charge in [-0.15, -0.1) is 0 Å². The summed E-state index contributed by atoms with van der Waals surface area (Å²) in [4.78, 5) is 0. The largest absolute Gasteiger partial charge is 0.495 e. The number of para-hydroxylation sites is 2. The van der Waals surface area contributed by atoms with E-state index in [0.717, 1.165) is 26.5 Å². The Balaban J connectivity index is 2.14. The van der Waals surface area contributed by atoms with Crippen molar-refractivity contribution in [2.75, 3.05) is 12.4 Å². The summed E-state index contributed by atoms with van der Waals surface area (Å²) in [7, 11) is 1.66. The first-order chi connectivity index (χ1) is 8.70. The van der Waals surface area contributed by atoms with Crippen LogP contribution in [0.15, 0.2) is 46.9 Å². The van der Waals surface area contributed by atoms with Gasteiger partial charge in [0.05, 0.1) is 12.8 Å². The van der Waals surface area contributed by atoms with E-state index < -0.39 is 0 Å². The van der Waals surface area contributed by atoms with E-state index in [-0.39, 0.29) is 0 Å². The Bertz CT molecular complexity index is 545. The molecule has 1 N–H and O–H groups in total. The molecule has 2 nitrogen and oxygen atoms in total. The van der Waals surface area contributed by atoms with E-state index in [4.69, 9.17) is 16.3 Å². The monoisotopic (exact) mass is 325 g/mol. The molecule has 0 aliphatic carbocycles. The molecule has 0 unspecified atom stereocenters. The van der Waals surface area contributed by atoms with Crippen LogP contribution in [0.4, 0.5) is 5.69 Å². The highest BCUT2D eigenvalue weighted by atomic mass is 79.9. The fourth-order valence-electron chi connectivity index (χ4n) is 1.66. The SMILES string of the molecule is COc1ccccc1NCc1cc(Br)ccc1Cl. The molecule has 2 aromatic rings. The molecule has 0 saturated heterocycles. The van der Waals surface area contributed by atoms with Crippen molar-refractivity contribution in [1.82, 2.24) is 0 Å². The van der Waals surface area contributed by atoms with E-state index in [0.29, 0.717) is 6.54 Å². The number of halogens is 2. The normalized spacial score (nSPS) is 10.2. The highest BCUT2D eigenvalue weighted by Gasteiger charge is 2.04. The first-order valence-electron chi connectivity index (χ1n) is 5.51. The molecule has 0 bridgehead atoms. The van der Waals surface area contributed by atoms with Crippen LogP contribution in [-0.4, -0.2) is 7.11 Å². The molecular weight excluding hydrogens is 314 g/mol. The predicted octanol–water partition coefficient (Wildman–Crippen LogP) is 4.72. The van der Waals surface area contributed by atoms with Gasteiger partial charge in [-0.2, -0.15) is 0 Å². The van der Waals surface area contributed by atoms with Gasteiger partial charge in [-0.3, -0.25) is 0 Å². The molecule has 0 heterocycles. The topological polar surface area (TPSA) is 21.3 Å². The Labute approximate surface area is 120 Å². The molecule has 2 rings (SSSR count). The molecule has 0 amide bonds. The van der Waals surface area contributed by atoms with Gasteiger partial charge in [0.1, 0.15) is 5.75 Å². The quantitative estimate of drug-likeness (QED) is 0.877. The van der Waals surface area contributed by atoms with Gasteiger partial charge in [-0.05, 0) is 35.9 Å². The van der Waals surface area contributed by atoms with Crippen LogP contribution in [-0.2, 0) is 6.54 Å². The van der Waals surface area contributed by atoms with Gasteiger partial charge in [-0.1, -0.05) is 39.7 Å². The van der Waals surface area contributed by atoms with Crippen LogP contribution < -0.4 is 10.1 Å². The minimum atomic E-state index is 0.651. The average molecular weight is 327 g/mol. The Morgan fingerprint density at radius 1 is 1.22 bits per heavy atom. The van der Waals surface area contributed by atoms with Crippen molar-refractivity contribution in [2.24, 2.45) is 0 Å². The third-order valence-corrected chi connectivity index (χ3v) is 3.45. The highest BCUT2D eigenvalue weighted by Crippen LogP contribution is 2.26. The summed E-state index contributed by atoms with van der Waals surface area (Å²) in [6.07, 6.45) is 0. The van der Waals surface area contributed by atoms with Crippen molar-refractivity contribution in [2.45, 2.75) is 6.54 Å². The van der Waals surface area contributed by atoms with Crippen LogP contribution in [0.25, 0.3) is 0 Å². The van der Waals surface area contributed by atoms with E-state index in [1.807, 2.05) is 42.5 Å². The smallest absolute Gasteiger partial charge is 0.141 e. The van der Waals surface area contributed by atoms with Gasteiger partial charge in [0.15, 0.2) is 0 Å². The van der Waals surface area contributed by atoms with Gasteiger partial charge in [0.25, 0.3) is 0 Å². The minimum Gasteiger partial charge on any atom is -0.495 e. The first kappa shape index (κ1) is 13.2. The number of hydrogen-bond acceptors (Lipinski definition) is 2. The summed E-state index contributed by atoms with van der Waals surface area (Å²) < 4.78 is 6.30. The lowest BCUT2D eigenvalue weighted by molar-refractivity contribution is 0.416. The summed E-state index contributed by atoms with van der Waals surface area (Å²) in [6, 6.07) is 13.6. The van der Waals surface area contributed by atoms with E-state index in [1.54, 1.807) is 7.11 Å². The second kappa shape index (κ2) is 6.12. The maximum absolute atomic E-state index is 6.14. The van der Waals surface area contributed by atoms with Gasteiger partial charge < -0.3 is 10.1 Å². The van der Waals surface area contributed by atoms with Crippen LogP contribution in [0.1, 0.15) is 5.56 Å². The van der Waals surface area contributed by atoms with Gasteiger partial charge >= 0.3 is 0 Å². The second-order valence-electron chi connectivity index (χ2n) is 3.79. The summed E-state index contributed by atoms with van der Waals surface area (Å²) in [5.74, 6) is 0.823. The van der Waals surface area contributed by atoms with Crippen LogP contribution in [0.3, 0.4) is 0 Å². The third kappa shape index (κ3) is 3.18. The van der Waals surface area contributed by atoms with Crippen molar-refractivity contribution in [3.05, 3.63) is 57.5 Å². The highest BCUT2D eigenvalue weighted by molar-refractivity contribution is 9.10. The van der Waals surface area contributed by atoms with Crippen molar-refractivity contribution >= 4 is 33.2 Å². The standard InChI is InChI=1S/C14H13BrClNO/c1-18-14-5-3-2-4-13(14)17-9-10-8-11(15)6-7-12(10)16/h2-8,17H,9H2,1H3. The van der Waals surface area contributed by atoms with Crippen molar-refractivity contribution in [3.8, 4) is 5.75 Å². The van der Waals surface area contributed by atoms with E-state index >= 15 is 0 Å². The molecule has 0 saturated carbocycles. The first-order valence-corrected chi connectivity index (χ1v) is 6.68. The predicted molar refractivity (Wildman–Crippen MR) is 79.5 cm³/mol. The lowest BCUT2D eigenvalue weighted by Crippen LogP contribution is -2.01. The van der Waals surface area contributed by atoms with Gasteiger partial charge in [0.2, 0.25) is 0 Å². The third-order valence-electron chi connectivity index (χ3n) is 2.58. The number of hydrogen-bond donors (Lipinski definition) is 1. The molecule has 0 radical (unpaired) electrons. The summed E-state index contributed by atoms with van der Waals surface area (Å²) in [5.41, 5.74) is 1.99. The number of anilines is 1. The Kier molecular flexibility index (Phi) is 4.50. The van der Waals surface area contributed by atoms with Crippen LogP contribution in [0.5, 0.6) is 5.75 Å².